The molecule has 1 aromatic heterocycles. The van der Waals surface area contributed by atoms with Gasteiger partial charge in [-0.25, -0.2) is 4.79 Å². The highest BCUT2D eigenvalue weighted by atomic mass is 16.4. The molecule has 1 heterocycles. The molecular formula is C24H35N3O4. The van der Waals surface area contributed by atoms with Gasteiger partial charge < -0.3 is 20.4 Å². The van der Waals surface area contributed by atoms with Gasteiger partial charge in [-0.2, -0.15) is 0 Å². The Morgan fingerprint density at radius 1 is 1.16 bits per heavy atom. The van der Waals surface area contributed by atoms with Crippen LogP contribution in [0.5, 0.6) is 0 Å². The van der Waals surface area contributed by atoms with E-state index in [0.29, 0.717) is 24.2 Å². The lowest BCUT2D eigenvalue weighted by Gasteiger charge is -2.33. The number of nitrogens with two attached hydrogens (primary N) is 1. The van der Waals surface area contributed by atoms with E-state index in [2.05, 4.69) is 12.2 Å². The molecule has 7 heteroatoms. The number of amides is 2. The van der Waals surface area contributed by atoms with Gasteiger partial charge in [0, 0.05) is 36.2 Å². The molecule has 3 N–H and O–H groups in total. The molecule has 0 radical (unpaired) electrons. The molecule has 0 spiro atoms. The molecule has 7 nitrogen and oxygen atoms in total. The summed E-state index contributed by atoms with van der Waals surface area (Å²) in [5.74, 6) is -0.405. The first kappa shape index (κ1) is 24.6. The van der Waals surface area contributed by atoms with Gasteiger partial charge in [-0.3, -0.25) is 9.59 Å². The van der Waals surface area contributed by atoms with E-state index in [-0.39, 0.29) is 17.9 Å². The fourth-order valence-corrected chi connectivity index (χ4v) is 3.85. The number of anilines is 1. The number of carbonyl (C=O) groups is 2. The van der Waals surface area contributed by atoms with E-state index in [1.54, 1.807) is 11.0 Å². The molecule has 2 aromatic rings. The van der Waals surface area contributed by atoms with Gasteiger partial charge in [0.25, 0.3) is 0 Å². The van der Waals surface area contributed by atoms with Gasteiger partial charge >= 0.3 is 5.63 Å². The Labute approximate surface area is 184 Å². The SMILES string of the molecule is CCCC[C@H](C)N(C(=O)[C@H](CCCCN)NC(C)=O)c1ccc2c(C)cc(=O)oc2c1. The van der Waals surface area contributed by atoms with Gasteiger partial charge in [-0.05, 0) is 63.8 Å². The second kappa shape index (κ2) is 11.6. The first-order chi connectivity index (χ1) is 14.8. The Balaban J connectivity index is 2.47. The van der Waals surface area contributed by atoms with E-state index in [1.165, 1.54) is 13.0 Å². The van der Waals surface area contributed by atoms with Crippen molar-refractivity contribution in [3.8, 4) is 0 Å². The zero-order valence-corrected chi connectivity index (χ0v) is 19.1. The summed E-state index contributed by atoms with van der Waals surface area (Å²) in [5.41, 5.74) is 7.11. The molecule has 170 valence electrons. The largest absolute Gasteiger partial charge is 0.423 e. The summed E-state index contributed by atoms with van der Waals surface area (Å²) >= 11 is 0. The monoisotopic (exact) mass is 429 g/mol. The zero-order valence-electron chi connectivity index (χ0n) is 19.1. The molecule has 2 atom stereocenters. The third-order valence-electron chi connectivity index (χ3n) is 5.49. The van der Waals surface area contributed by atoms with Gasteiger partial charge in [0.2, 0.25) is 11.8 Å². The molecule has 0 aliphatic heterocycles. The molecule has 1 aromatic carbocycles. The molecule has 0 saturated heterocycles. The van der Waals surface area contributed by atoms with Crippen molar-refractivity contribution in [3.05, 3.63) is 40.2 Å². The Morgan fingerprint density at radius 2 is 1.90 bits per heavy atom. The van der Waals surface area contributed by atoms with E-state index in [0.717, 1.165) is 43.1 Å². The lowest BCUT2D eigenvalue weighted by atomic mass is 10.0. The molecule has 0 unspecified atom stereocenters. The second-order valence-electron chi connectivity index (χ2n) is 8.17. The maximum atomic E-state index is 13.6. The maximum absolute atomic E-state index is 13.6. The number of carbonyl (C=O) groups excluding carboxylic acids is 2. The summed E-state index contributed by atoms with van der Waals surface area (Å²) in [7, 11) is 0. The molecule has 0 saturated carbocycles. The van der Waals surface area contributed by atoms with Crippen LogP contribution in [0.2, 0.25) is 0 Å². The summed E-state index contributed by atoms with van der Waals surface area (Å²) in [6.07, 6.45) is 4.88. The third-order valence-corrected chi connectivity index (χ3v) is 5.49. The van der Waals surface area contributed by atoms with E-state index in [9.17, 15) is 14.4 Å². The lowest BCUT2D eigenvalue weighted by molar-refractivity contribution is -0.127. The van der Waals surface area contributed by atoms with Crippen molar-refractivity contribution >= 4 is 28.5 Å². The van der Waals surface area contributed by atoms with Crippen LogP contribution in [-0.4, -0.2) is 30.4 Å². The Bertz CT molecular complexity index is 953. The summed E-state index contributed by atoms with van der Waals surface area (Å²) in [6.45, 7) is 7.94. The van der Waals surface area contributed by atoms with Gasteiger partial charge in [-0.1, -0.05) is 19.8 Å². The van der Waals surface area contributed by atoms with E-state index < -0.39 is 11.7 Å². The van der Waals surface area contributed by atoms with Crippen molar-refractivity contribution in [2.24, 2.45) is 5.73 Å². The average molecular weight is 430 g/mol. The highest BCUT2D eigenvalue weighted by molar-refractivity contribution is 6.00. The minimum Gasteiger partial charge on any atom is -0.423 e. The van der Waals surface area contributed by atoms with Gasteiger partial charge in [-0.15, -0.1) is 0 Å². The van der Waals surface area contributed by atoms with E-state index in [1.807, 2.05) is 26.0 Å². The Kier molecular flexibility index (Phi) is 9.24. The summed E-state index contributed by atoms with van der Waals surface area (Å²) in [5, 5.41) is 3.64. The number of hydrogen-bond donors (Lipinski definition) is 2. The summed E-state index contributed by atoms with van der Waals surface area (Å²) < 4.78 is 5.40. The second-order valence-corrected chi connectivity index (χ2v) is 8.17. The van der Waals surface area contributed by atoms with Crippen LogP contribution in [0.4, 0.5) is 5.69 Å². The predicted octanol–water partition coefficient (Wildman–Crippen LogP) is 3.65. The molecule has 2 amide bonds. The first-order valence-corrected chi connectivity index (χ1v) is 11.1. The van der Waals surface area contributed by atoms with Crippen LogP contribution in [-0.2, 0) is 9.59 Å². The van der Waals surface area contributed by atoms with E-state index >= 15 is 0 Å². The van der Waals surface area contributed by atoms with Crippen molar-refractivity contribution in [1.82, 2.24) is 5.32 Å². The fraction of sp³-hybridized carbons (Fsp3) is 0.542. The summed E-state index contributed by atoms with van der Waals surface area (Å²) in [4.78, 5) is 39.0. The van der Waals surface area contributed by atoms with Crippen molar-refractivity contribution < 1.29 is 14.0 Å². The average Bonchev–Trinajstić information content (AvgIpc) is 2.71. The number of aryl methyl sites for hydroxylation is 1. The number of fused-ring (bicyclic) bond motifs is 1. The number of rotatable bonds is 11. The molecule has 0 fully saturated rings. The quantitative estimate of drug-likeness (QED) is 0.419. The number of nitrogens with one attached hydrogen (secondary N) is 1. The number of nitrogens with zero attached hydrogens (tertiary/aromatic N) is 1. The van der Waals surface area contributed by atoms with Crippen LogP contribution in [0.1, 0.15) is 64.9 Å². The summed E-state index contributed by atoms with van der Waals surface area (Å²) in [6, 6.07) is 6.24. The number of benzene rings is 1. The van der Waals surface area contributed by atoms with Crippen LogP contribution in [0.25, 0.3) is 11.0 Å². The molecular weight excluding hydrogens is 394 g/mol. The minimum absolute atomic E-state index is 0.0767. The normalized spacial score (nSPS) is 13.1. The van der Waals surface area contributed by atoms with Crippen LogP contribution >= 0.6 is 0 Å². The molecule has 0 aliphatic carbocycles. The van der Waals surface area contributed by atoms with Crippen molar-refractivity contribution in [1.29, 1.82) is 0 Å². The first-order valence-electron chi connectivity index (χ1n) is 11.1. The smallest absolute Gasteiger partial charge is 0.336 e. The van der Waals surface area contributed by atoms with Crippen LogP contribution in [0.15, 0.2) is 33.5 Å². The minimum atomic E-state index is -0.631. The zero-order chi connectivity index (χ0) is 23.0. The van der Waals surface area contributed by atoms with Crippen molar-refractivity contribution in [2.75, 3.05) is 11.4 Å². The van der Waals surface area contributed by atoms with Crippen molar-refractivity contribution in [3.63, 3.8) is 0 Å². The predicted molar refractivity (Wildman–Crippen MR) is 124 cm³/mol. The Hall–Kier alpha value is -2.67. The van der Waals surface area contributed by atoms with E-state index in [4.69, 9.17) is 10.2 Å². The fourth-order valence-electron chi connectivity index (χ4n) is 3.85. The molecule has 31 heavy (non-hydrogen) atoms. The Morgan fingerprint density at radius 3 is 2.55 bits per heavy atom. The topological polar surface area (TPSA) is 106 Å². The van der Waals surface area contributed by atoms with Gasteiger partial charge in [0.15, 0.2) is 0 Å². The van der Waals surface area contributed by atoms with Gasteiger partial charge in [0.1, 0.15) is 11.6 Å². The van der Waals surface area contributed by atoms with Crippen LogP contribution in [0, 0.1) is 6.92 Å². The third kappa shape index (κ3) is 6.66. The molecule has 0 bridgehead atoms. The molecule has 0 aliphatic rings. The van der Waals surface area contributed by atoms with Gasteiger partial charge in [0.05, 0.1) is 0 Å². The standard InChI is InChI=1S/C24H35N3O4/c1-5-6-9-17(3)27(24(30)21(26-18(4)28)10-7-8-13-25)19-11-12-20-16(2)14-23(29)31-22(20)15-19/h11-12,14-15,17,21H,5-10,13,25H2,1-4H3,(H,26,28)/t17-,21-/m0/s1. The van der Waals surface area contributed by atoms with Crippen LogP contribution < -0.4 is 21.6 Å². The maximum Gasteiger partial charge on any atom is 0.336 e. The van der Waals surface area contributed by atoms with Crippen molar-refractivity contribution in [2.45, 2.75) is 78.3 Å². The number of unbranched alkanes of at least 4 members (excludes halogenated alkanes) is 2. The highest BCUT2D eigenvalue weighted by Gasteiger charge is 2.29. The van der Waals surface area contributed by atoms with Crippen LogP contribution in [0.3, 0.4) is 0 Å². The highest BCUT2D eigenvalue weighted by Crippen LogP contribution is 2.27. The molecule has 2 rings (SSSR count). The number of hydrogen-bond acceptors (Lipinski definition) is 5. The lowest BCUT2D eigenvalue weighted by Crippen LogP contribution is -2.51.